The largest absolute Gasteiger partial charge is 0.531 e. The van der Waals surface area contributed by atoms with Crippen LogP contribution in [0.3, 0.4) is 0 Å². The number of nitrogens with two attached hydrogens (primary N) is 2. The quantitative estimate of drug-likeness (QED) is 0.375. The van der Waals surface area contributed by atoms with E-state index in [-0.39, 0.29) is 12.2 Å². The lowest BCUT2D eigenvalue weighted by molar-refractivity contribution is -0.130. The number of carbonyl (C=O) groups excluding carboxylic acids is 2. The van der Waals surface area contributed by atoms with Crippen molar-refractivity contribution in [2.75, 3.05) is 0 Å². The van der Waals surface area contributed by atoms with Crippen molar-refractivity contribution in [2.45, 2.75) is 84.3 Å². The second kappa shape index (κ2) is 10.8. The molecule has 0 aliphatic rings. The molecule has 0 unspecified atom stereocenters. The van der Waals surface area contributed by atoms with Crippen molar-refractivity contribution < 1.29 is 32.8 Å². The number of carbonyl (C=O) groups is 2. The number of amides is 2. The Balaban J connectivity index is 2.87. The van der Waals surface area contributed by atoms with Gasteiger partial charge >= 0.3 is 7.82 Å². The van der Waals surface area contributed by atoms with E-state index >= 15 is 0 Å². The van der Waals surface area contributed by atoms with Gasteiger partial charge in [-0.3, -0.25) is 18.6 Å². The number of phosphoric ester groups is 1. The molecular formula is C21H36N3O7P. The molecule has 0 bridgehead atoms. The van der Waals surface area contributed by atoms with Crippen molar-refractivity contribution >= 4 is 19.6 Å². The lowest BCUT2D eigenvalue weighted by atomic mass is 10.0. The summed E-state index contributed by atoms with van der Waals surface area (Å²) in [6.07, 6.45) is -1.01. The lowest BCUT2D eigenvalue weighted by Gasteiger charge is -2.30. The van der Waals surface area contributed by atoms with E-state index in [1.165, 1.54) is 6.92 Å². The number of nitrogens with one attached hydrogen (secondary N) is 1. The molecule has 1 aromatic carbocycles. The number of aliphatic hydroxyl groups is 1. The van der Waals surface area contributed by atoms with Crippen LogP contribution < -0.4 is 21.3 Å². The smallest absolute Gasteiger partial charge is 0.404 e. The first-order chi connectivity index (χ1) is 14.4. The van der Waals surface area contributed by atoms with Crippen molar-refractivity contribution in [1.82, 2.24) is 5.32 Å². The Labute approximate surface area is 189 Å². The summed E-state index contributed by atoms with van der Waals surface area (Å²) in [6, 6.07) is 4.22. The maximum absolute atomic E-state index is 13.2. The Morgan fingerprint density at radius 1 is 1.06 bits per heavy atom. The van der Waals surface area contributed by atoms with Gasteiger partial charge in [-0.2, -0.15) is 0 Å². The number of rotatable bonds is 10. The van der Waals surface area contributed by atoms with Gasteiger partial charge in [0.25, 0.3) is 0 Å². The van der Waals surface area contributed by atoms with Crippen molar-refractivity contribution in [1.29, 1.82) is 0 Å². The van der Waals surface area contributed by atoms with Crippen molar-refractivity contribution in [3.05, 3.63) is 29.8 Å². The Kier molecular flexibility index (Phi) is 9.44. The molecule has 2 amide bonds. The molecule has 0 saturated heterocycles. The molecule has 1 aromatic rings. The minimum Gasteiger partial charge on any atom is -0.404 e. The van der Waals surface area contributed by atoms with Crippen molar-refractivity contribution in [2.24, 2.45) is 11.5 Å². The zero-order valence-corrected chi connectivity index (χ0v) is 20.6. The maximum atomic E-state index is 13.2. The minimum atomic E-state index is -3.93. The van der Waals surface area contributed by atoms with E-state index in [1.54, 1.807) is 65.8 Å². The molecule has 0 aliphatic heterocycles. The maximum Gasteiger partial charge on any atom is 0.531 e. The highest BCUT2D eigenvalue weighted by Crippen LogP contribution is 2.55. The average molecular weight is 474 g/mol. The molecule has 6 N–H and O–H groups in total. The number of benzene rings is 1. The fraction of sp³-hybridized carbons (Fsp3) is 0.619. The van der Waals surface area contributed by atoms with Crippen LogP contribution in [0.4, 0.5) is 0 Å². The van der Waals surface area contributed by atoms with E-state index in [1.807, 2.05) is 0 Å². The summed E-state index contributed by atoms with van der Waals surface area (Å²) in [5.41, 5.74) is 10.2. The summed E-state index contributed by atoms with van der Waals surface area (Å²) in [5.74, 6) is -1.23. The van der Waals surface area contributed by atoms with Gasteiger partial charge in [-0.15, -0.1) is 0 Å². The first-order valence-electron chi connectivity index (χ1n) is 10.2. The van der Waals surface area contributed by atoms with Gasteiger partial charge in [0.15, 0.2) is 0 Å². The van der Waals surface area contributed by atoms with Crippen LogP contribution >= 0.6 is 7.82 Å². The summed E-state index contributed by atoms with van der Waals surface area (Å²) in [6.45, 7) is 11.8. The highest BCUT2D eigenvalue weighted by molar-refractivity contribution is 7.49. The molecule has 0 fully saturated rings. The van der Waals surface area contributed by atoms with E-state index in [2.05, 4.69) is 5.32 Å². The number of hydrogen-bond acceptors (Lipinski definition) is 8. The van der Waals surface area contributed by atoms with Crippen molar-refractivity contribution in [3.8, 4) is 5.75 Å². The van der Waals surface area contributed by atoms with E-state index in [4.69, 9.17) is 25.0 Å². The van der Waals surface area contributed by atoms with E-state index in [9.17, 15) is 19.3 Å². The van der Waals surface area contributed by atoms with E-state index in [0.29, 0.717) is 5.56 Å². The fourth-order valence-electron chi connectivity index (χ4n) is 2.58. The Morgan fingerprint density at radius 3 is 1.91 bits per heavy atom. The molecule has 0 spiro atoms. The summed E-state index contributed by atoms with van der Waals surface area (Å²) in [4.78, 5) is 23.6. The Bertz CT molecular complexity index is 809. The molecule has 182 valence electrons. The van der Waals surface area contributed by atoms with Gasteiger partial charge in [0, 0.05) is 0 Å². The molecule has 0 saturated carbocycles. The van der Waals surface area contributed by atoms with Gasteiger partial charge in [0.1, 0.15) is 11.8 Å². The fourth-order valence-corrected chi connectivity index (χ4v) is 4.41. The number of phosphoric acid groups is 1. The Morgan fingerprint density at radius 2 is 1.53 bits per heavy atom. The van der Waals surface area contributed by atoms with Crippen LogP contribution in [-0.2, 0) is 29.6 Å². The number of primary amides is 1. The van der Waals surface area contributed by atoms with E-state index in [0.717, 1.165) is 0 Å². The molecular weight excluding hydrogens is 437 g/mol. The van der Waals surface area contributed by atoms with E-state index < -0.39 is 49.0 Å². The first kappa shape index (κ1) is 28.1. The molecule has 32 heavy (non-hydrogen) atoms. The molecule has 0 radical (unpaired) electrons. The SMILES string of the molecule is C[C@H](O)[C@H](NC(=O)[C@@H](N)Cc1ccc(OP(=O)(OC(C)(C)C)OC(C)(C)C)cc1)C(N)=O. The normalized spacial score (nSPS) is 15.5. The summed E-state index contributed by atoms with van der Waals surface area (Å²) in [5, 5.41) is 11.9. The van der Waals surface area contributed by atoms with Gasteiger partial charge in [0.05, 0.1) is 23.3 Å². The first-order valence-corrected chi connectivity index (χ1v) is 11.7. The van der Waals surface area contributed by atoms with Gasteiger partial charge in [0.2, 0.25) is 11.8 Å². The monoisotopic (exact) mass is 473 g/mol. The lowest BCUT2D eigenvalue weighted by Crippen LogP contribution is -2.55. The average Bonchev–Trinajstić information content (AvgIpc) is 2.56. The van der Waals surface area contributed by atoms with Crippen LogP contribution in [0.25, 0.3) is 0 Å². The molecule has 1 rings (SSSR count). The predicted molar refractivity (Wildman–Crippen MR) is 121 cm³/mol. The zero-order valence-electron chi connectivity index (χ0n) is 19.7. The zero-order chi connectivity index (χ0) is 24.9. The standard InChI is InChI=1S/C21H36N3O7P/c1-13(25)17(18(23)26)24-19(27)16(22)12-14-8-10-15(11-9-14)29-32(28,30-20(2,3)4)31-21(5,6)7/h8-11,13,16-17,25H,12,22H2,1-7H3,(H2,23,26)(H,24,27)/t13-,16-,17-/m0/s1. The molecule has 0 aliphatic carbocycles. The number of aliphatic hydroxyl groups excluding tert-OH is 1. The van der Waals surface area contributed by atoms with Gasteiger partial charge in [-0.05, 0) is 72.6 Å². The highest BCUT2D eigenvalue weighted by Gasteiger charge is 2.38. The third kappa shape index (κ3) is 10.1. The second-order valence-electron chi connectivity index (χ2n) is 9.53. The van der Waals surface area contributed by atoms with Crippen LogP contribution in [0.5, 0.6) is 5.75 Å². The van der Waals surface area contributed by atoms with Crippen LogP contribution in [0.2, 0.25) is 0 Å². The third-order valence-corrected chi connectivity index (χ3v) is 5.77. The van der Waals surface area contributed by atoms with Gasteiger partial charge in [-0.25, -0.2) is 4.57 Å². The van der Waals surface area contributed by atoms with Crippen LogP contribution in [-0.4, -0.2) is 46.3 Å². The van der Waals surface area contributed by atoms with Gasteiger partial charge < -0.3 is 26.4 Å². The molecule has 10 nitrogen and oxygen atoms in total. The number of hydrogen-bond donors (Lipinski definition) is 4. The Hall–Kier alpha value is -1.97. The van der Waals surface area contributed by atoms with Crippen LogP contribution in [0.15, 0.2) is 24.3 Å². The minimum absolute atomic E-state index is 0.145. The topological polar surface area (TPSA) is 163 Å². The summed E-state index contributed by atoms with van der Waals surface area (Å²) in [7, 11) is -3.93. The second-order valence-corrected chi connectivity index (χ2v) is 11.0. The summed E-state index contributed by atoms with van der Waals surface area (Å²) < 4.78 is 29.9. The molecule has 3 atom stereocenters. The van der Waals surface area contributed by atoms with Crippen LogP contribution in [0, 0.1) is 0 Å². The summed E-state index contributed by atoms with van der Waals surface area (Å²) >= 11 is 0. The van der Waals surface area contributed by atoms with Crippen LogP contribution in [0.1, 0.15) is 54.0 Å². The predicted octanol–water partition coefficient (Wildman–Crippen LogP) is 2.02. The van der Waals surface area contributed by atoms with Crippen molar-refractivity contribution in [3.63, 3.8) is 0 Å². The molecule has 11 heteroatoms. The molecule has 0 aromatic heterocycles. The molecule has 0 heterocycles. The highest BCUT2D eigenvalue weighted by atomic mass is 31.2. The third-order valence-electron chi connectivity index (χ3n) is 3.79. The van der Waals surface area contributed by atoms with Gasteiger partial charge in [-0.1, -0.05) is 12.1 Å².